The highest BCUT2D eigenvalue weighted by Crippen LogP contribution is 2.30. The summed E-state index contributed by atoms with van der Waals surface area (Å²) in [5, 5.41) is 7.08. The van der Waals surface area contributed by atoms with Crippen molar-refractivity contribution in [2.24, 2.45) is 5.92 Å². The number of ether oxygens (including phenoxy) is 1. The van der Waals surface area contributed by atoms with Crippen LogP contribution in [0.5, 0.6) is 5.75 Å². The third-order valence-corrected chi connectivity index (χ3v) is 4.07. The molecule has 1 amide bonds. The standard InChI is InChI=1S/C18H17FN4O2/c1-2-25-15-9-8-12(10-13(15)19)14-4-3-5-16-20-18(22-23(14)16)21-17(24)11-6-7-11/h3-5,8-11H,2,6-7H2,1H3,(H,21,22,24). The lowest BCUT2D eigenvalue weighted by Crippen LogP contribution is -2.14. The Hall–Kier alpha value is -2.96. The number of nitrogens with one attached hydrogen (secondary N) is 1. The van der Waals surface area contributed by atoms with Crippen molar-refractivity contribution in [3.8, 4) is 17.0 Å². The fourth-order valence-electron chi connectivity index (χ4n) is 2.67. The molecule has 4 rings (SSSR count). The quantitative estimate of drug-likeness (QED) is 0.774. The minimum absolute atomic E-state index is 0.0513. The number of pyridine rings is 1. The number of carbonyl (C=O) groups excluding carboxylic acids is 1. The number of carbonyl (C=O) groups is 1. The summed E-state index contributed by atoms with van der Waals surface area (Å²) in [5.41, 5.74) is 1.91. The smallest absolute Gasteiger partial charge is 0.249 e. The van der Waals surface area contributed by atoms with Gasteiger partial charge in [-0.3, -0.25) is 10.1 Å². The zero-order chi connectivity index (χ0) is 17.4. The number of amides is 1. The average molecular weight is 340 g/mol. The van der Waals surface area contributed by atoms with Crippen LogP contribution >= 0.6 is 0 Å². The fraction of sp³-hybridized carbons (Fsp3) is 0.278. The van der Waals surface area contributed by atoms with E-state index in [1.54, 1.807) is 29.6 Å². The first-order valence-electron chi connectivity index (χ1n) is 8.25. The Morgan fingerprint density at radius 3 is 2.92 bits per heavy atom. The zero-order valence-corrected chi connectivity index (χ0v) is 13.7. The van der Waals surface area contributed by atoms with Crippen LogP contribution in [0.3, 0.4) is 0 Å². The van der Waals surface area contributed by atoms with Gasteiger partial charge in [-0.25, -0.2) is 8.91 Å². The largest absolute Gasteiger partial charge is 0.491 e. The molecule has 2 aromatic heterocycles. The highest BCUT2D eigenvalue weighted by molar-refractivity contribution is 5.92. The van der Waals surface area contributed by atoms with Crippen molar-refractivity contribution in [2.45, 2.75) is 19.8 Å². The summed E-state index contributed by atoms with van der Waals surface area (Å²) in [6, 6.07) is 10.2. The molecule has 3 aromatic rings. The molecule has 0 aliphatic heterocycles. The molecule has 1 N–H and O–H groups in total. The van der Waals surface area contributed by atoms with Crippen molar-refractivity contribution >= 4 is 17.5 Å². The molecule has 128 valence electrons. The second kappa shape index (κ2) is 6.16. The van der Waals surface area contributed by atoms with E-state index in [0.29, 0.717) is 23.5 Å². The molecule has 1 aliphatic carbocycles. The summed E-state index contributed by atoms with van der Waals surface area (Å²) < 4.78 is 21.0. The van der Waals surface area contributed by atoms with E-state index >= 15 is 0 Å². The Kier molecular flexibility index (Phi) is 3.83. The van der Waals surface area contributed by atoms with Crippen molar-refractivity contribution in [1.29, 1.82) is 0 Å². The van der Waals surface area contributed by atoms with Crippen molar-refractivity contribution in [3.05, 3.63) is 42.2 Å². The van der Waals surface area contributed by atoms with Crippen LogP contribution in [0.2, 0.25) is 0 Å². The van der Waals surface area contributed by atoms with Crippen LogP contribution in [0.25, 0.3) is 16.9 Å². The van der Waals surface area contributed by atoms with Gasteiger partial charge in [0.2, 0.25) is 11.9 Å². The van der Waals surface area contributed by atoms with Crippen LogP contribution in [0.1, 0.15) is 19.8 Å². The van der Waals surface area contributed by atoms with Crippen LogP contribution in [-0.2, 0) is 4.79 Å². The second-order valence-electron chi connectivity index (χ2n) is 5.96. The predicted molar refractivity (Wildman–Crippen MR) is 90.9 cm³/mol. The summed E-state index contributed by atoms with van der Waals surface area (Å²) in [4.78, 5) is 16.2. The summed E-state index contributed by atoms with van der Waals surface area (Å²) >= 11 is 0. The maximum absolute atomic E-state index is 14.2. The van der Waals surface area contributed by atoms with Gasteiger partial charge in [0.25, 0.3) is 0 Å². The lowest BCUT2D eigenvalue weighted by atomic mass is 10.1. The van der Waals surface area contributed by atoms with Gasteiger partial charge in [0.05, 0.1) is 12.3 Å². The lowest BCUT2D eigenvalue weighted by Gasteiger charge is -2.08. The first-order valence-corrected chi connectivity index (χ1v) is 8.25. The van der Waals surface area contributed by atoms with Crippen LogP contribution in [-0.4, -0.2) is 27.1 Å². The number of fused-ring (bicyclic) bond motifs is 1. The molecule has 1 aromatic carbocycles. The Morgan fingerprint density at radius 1 is 1.36 bits per heavy atom. The molecule has 1 fully saturated rings. The molecule has 6 nitrogen and oxygen atoms in total. The van der Waals surface area contributed by atoms with E-state index in [-0.39, 0.29) is 23.5 Å². The molecule has 2 heterocycles. The molecule has 0 atom stereocenters. The maximum atomic E-state index is 14.2. The van der Waals surface area contributed by atoms with Gasteiger partial charge < -0.3 is 4.74 Å². The van der Waals surface area contributed by atoms with Gasteiger partial charge in [-0.05, 0) is 50.1 Å². The summed E-state index contributed by atoms with van der Waals surface area (Å²) in [6.07, 6.45) is 1.83. The highest BCUT2D eigenvalue weighted by atomic mass is 19.1. The SMILES string of the molecule is CCOc1ccc(-c2cccc3nc(NC(=O)C4CC4)nn23)cc1F. The third-order valence-electron chi connectivity index (χ3n) is 4.07. The summed E-state index contributed by atoms with van der Waals surface area (Å²) in [6.45, 7) is 2.21. The molecule has 1 saturated carbocycles. The maximum Gasteiger partial charge on any atom is 0.249 e. The van der Waals surface area contributed by atoms with Gasteiger partial charge in [0.15, 0.2) is 17.2 Å². The number of hydrogen-bond acceptors (Lipinski definition) is 4. The van der Waals surface area contributed by atoms with Crippen LogP contribution < -0.4 is 10.1 Å². The molecule has 0 radical (unpaired) electrons. The van der Waals surface area contributed by atoms with E-state index in [4.69, 9.17) is 4.74 Å². The zero-order valence-electron chi connectivity index (χ0n) is 13.7. The van der Waals surface area contributed by atoms with Crippen LogP contribution in [0.4, 0.5) is 10.3 Å². The summed E-state index contributed by atoms with van der Waals surface area (Å²) in [7, 11) is 0. The molecule has 0 saturated heterocycles. The molecular weight excluding hydrogens is 323 g/mol. The Balaban J connectivity index is 1.70. The molecule has 1 aliphatic rings. The number of aromatic nitrogens is 3. The molecule has 7 heteroatoms. The normalized spacial score (nSPS) is 13.8. The second-order valence-corrected chi connectivity index (χ2v) is 5.96. The topological polar surface area (TPSA) is 68.5 Å². The molecule has 0 spiro atoms. The van der Waals surface area contributed by atoms with E-state index in [2.05, 4.69) is 15.4 Å². The monoisotopic (exact) mass is 340 g/mol. The van der Waals surface area contributed by atoms with E-state index < -0.39 is 5.82 Å². The summed E-state index contributed by atoms with van der Waals surface area (Å²) in [5.74, 6) is 0.0692. The van der Waals surface area contributed by atoms with Crippen LogP contribution in [0.15, 0.2) is 36.4 Å². The van der Waals surface area contributed by atoms with Crippen molar-refractivity contribution in [1.82, 2.24) is 14.6 Å². The van der Waals surface area contributed by atoms with Gasteiger partial charge >= 0.3 is 0 Å². The minimum atomic E-state index is -0.432. The number of anilines is 1. The first-order chi connectivity index (χ1) is 12.2. The fourth-order valence-corrected chi connectivity index (χ4v) is 2.67. The van der Waals surface area contributed by atoms with E-state index in [1.165, 1.54) is 6.07 Å². The number of nitrogens with zero attached hydrogens (tertiary/aromatic N) is 3. The van der Waals surface area contributed by atoms with Crippen molar-refractivity contribution < 1.29 is 13.9 Å². The first kappa shape index (κ1) is 15.6. The highest BCUT2D eigenvalue weighted by Gasteiger charge is 2.30. The Morgan fingerprint density at radius 2 is 2.20 bits per heavy atom. The van der Waals surface area contributed by atoms with Gasteiger partial charge in [0.1, 0.15) is 0 Å². The van der Waals surface area contributed by atoms with Gasteiger partial charge in [0, 0.05) is 11.5 Å². The van der Waals surface area contributed by atoms with Gasteiger partial charge in [-0.1, -0.05) is 6.07 Å². The minimum Gasteiger partial charge on any atom is -0.491 e. The number of benzene rings is 1. The molecule has 25 heavy (non-hydrogen) atoms. The van der Waals surface area contributed by atoms with E-state index in [9.17, 15) is 9.18 Å². The lowest BCUT2D eigenvalue weighted by molar-refractivity contribution is -0.117. The third kappa shape index (κ3) is 3.05. The van der Waals surface area contributed by atoms with Gasteiger partial charge in [-0.15, -0.1) is 5.10 Å². The number of rotatable bonds is 5. The Labute approximate surface area is 143 Å². The number of hydrogen-bond donors (Lipinski definition) is 1. The molecular formula is C18H17FN4O2. The van der Waals surface area contributed by atoms with E-state index in [0.717, 1.165) is 12.8 Å². The van der Waals surface area contributed by atoms with E-state index in [1.807, 2.05) is 12.1 Å². The average Bonchev–Trinajstić information content (AvgIpc) is 3.37. The molecule has 0 unspecified atom stereocenters. The van der Waals surface area contributed by atoms with Crippen molar-refractivity contribution in [3.63, 3.8) is 0 Å². The number of halogens is 1. The van der Waals surface area contributed by atoms with Crippen molar-refractivity contribution in [2.75, 3.05) is 11.9 Å². The van der Waals surface area contributed by atoms with Gasteiger partial charge in [-0.2, -0.15) is 4.98 Å². The van der Waals surface area contributed by atoms with Crippen LogP contribution in [0, 0.1) is 11.7 Å². The molecule has 0 bridgehead atoms. The Bertz CT molecular complexity index is 949. The predicted octanol–water partition coefficient (Wildman–Crippen LogP) is 3.28.